The van der Waals surface area contributed by atoms with Gasteiger partial charge in [-0.1, -0.05) is 25.1 Å². The molecule has 1 unspecified atom stereocenters. The third-order valence-corrected chi connectivity index (χ3v) is 5.42. The summed E-state index contributed by atoms with van der Waals surface area (Å²) in [7, 11) is -0.918. The molecule has 0 fully saturated rings. The fraction of sp³-hybridized carbons (Fsp3) is 0.600. The van der Waals surface area contributed by atoms with E-state index in [0.717, 1.165) is 6.42 Å². The summed E-state index contributed by atoms with van der Waals surface area (Å²) in [4.78, 5) is 0. The van der Waals surface area contributed by atoms with Crippen LogP contribution in [-0.4, -0.2) is 27.0 Å². The second-order valence-electron chi connectivity index (χ2n) is 5.03. The molecule has 0 aliphatic heterocycles. The topological polar surface area (TPSA) is 46.2 Å². The van der Waals surface area contributed by atoms with E-state index in [2.05, 4.69) is 37.4 Å². The molecule has 0 spiro atoms. The van der Waals surface area contributed by atoms with Crippen molar-refractivity contribution in [3.05, 3.63) is 34.9 Å². The van der Waals surface area contributed by atoms with Gasteiger partial charge in [0.05, 0.1) is 5.75 Å². The van der Waals surface area contributed by atoms with E-state index in [9.17, 15) is 8.42 Å². The standard InChI is InChI=1S/C15H25NO2S/c1-5-19(17,18)11-7-10-14(16-4)15-12(2)8-6-9-13(15)3/h6,8-9,14,16H,5,7,10-11H2,1-4H3. The molecule has 0 aliphatic rings. The minimum atomic E-state index is -2.85. The lowest BCUT2D eigenvalue weighted by molar-refractivity contribution is 0.531. The summed E-state index contributed by atoms with van der Waals surface area (Å²) >= 11 is 0. The molecule has 0 saturated carbocycles. The summed E-state index contributed by atoms with van der Waals surface area (Å²) in [5.41, 5.74) is 3.83. The molecule has 4 heteroatoms. The predicted octanol–water partition coefficient (Wildman–Crippen LogP) is 2.78. The van der Waals surface area contributed by atoms with Crippen LogP contribution in [0.25, 0.3) is 0 Å². The first-order chi connectivity index (χ1) is 8.91. The fourth-order valence-electron chi connectivity index (χ4n) is 2.46. The van der Waals surface area contributed by atoms with Crippen molar-refractivity contribution < 1.29 is 8.42 Å². The van der Waals surface area contributed by atoms with E-state index in [1.54, 1.807) is 6.92 Å². The predicted molar refractivity (Wildman–Crippen MR) is 81.3 cm³/mol. The second kappa shape index (κ2) is 7.06. The molecule has 1 atom stereocenters. The molecular weight excluding hydrogens is 258 g/mol. The molecule has 3 nitrogen and oxygen atoms in total. The zero-order chi connectivity index (χ0) is 14.5. The van der Waals surface area contributed by atoms with Crippen molar-refractivity contribution in [2.24, 2.45) is 0 Å². The van der Waals surface area contributed by atoms with Gasteiger partial charge >= 0.3 is 0 Å². The molecule has 1 N–H and O–H groups in total. The van der Waals surface area contributed by atoms with Crippen molar-refractivity contribution in [2.45, 2.75) is 39.7 Å². The maximum atomic E-state index is 11.5. The molecule has 1 aromatic carbocycles. The Balaban J connectivity index is 2.74. The van der Waals surface area contributed by atoms with Crippen LogP contribution in [0.1, 0.15) is 42.5 Å². The largest absolute Gasteiger partial charge is 0.313 e. The van der Waals surface area contributed by atoms with E-state index in [0.29, 0.717) is 6.42 Å². The van der Waals surface area contributed by atoms with Crippen LogP contribution in [-0.2, 0) is 9.84 Å². The molecule has 0 heterocycles. The van der Waals surface area contributed by atoms with Gasteiger partial charge in [0.15, 0.2) is 0 Å². The summed E-state index contributed by atoms with van der Waals surface area (Å²) in [5.74, 6) is 0.521. The van der Waals surface area contributed by atoms with E-state index in [1.807, 2.05) is 7.05 Å². The normalized spacial score (nSPS) is 13.5. The van der Waals surface area contributed by atoms with Crippen molar-refractivity contribution in [3.63, 3.8) is 0 Å². The molecule has 108 valence electrons. The summed E-state index contributed by atoms with van der Waals surface area (Å²) in [5, 5.41) is 3.31. The maximum Gasteiger partial charge on any atom is 0.150 e. The van der Waals surface area contributed by atoms with Crippen molar-refractivity contribution in [1.82, 2.24) is 5.32 Å². The van der Waals surface area contributed by atoms with Crippen LogP contribution in [0.4, 0.5) is 0 Å². The van der Waals surface area contributed by atoms with Gasteiger partial charge in [-0.25, -0.2) is 8.42 Å². The second-order valence-corrected chi connectivity index (χ2v) is 7.50. The Kier molecular flexibility index (Phi) is 6.01. The van der Waals surface area contributed by atoms with Crippen molar-refractivity contribution in [2.75, 3.05) is 18.6 Å². The zero-order valence-corrected chi connectivity index (χ0v) is 13.2. The average molecular weight is 283 g/mol. The molecule has 0 radical (unpaired) electrons. The number of hydrogen-bond acceptors (Lipinski definition) is 3. The Bertz CT molecular complexity index is 489. The highest BCUT2D eigenvalue weighted by molar-refractivity contribution is 7.91. The molecule has 19 heavy (non-hydrogen) atoms. The quantitative estimate of drug-likeness (QED) is 0.837. The van der Waals surface area contributed by atoms with Gasteiger partial charge in [-0.3, -0.25) is 0 Å². The van der Waals surface area contributed by atoms with E-state index >= 15 is 0 Å². The van der Waals surface area contributed by atoms with Crippen LogP contribution in [0.3, 0.4) is 0 Å². The molecule has 0 saturated heterocycles. The molecule has 0 aliphatic carbocycles. The van der Waals surface area contributed by atoms with Crippen LogP contribution in [0.15, 0.2) is 18.2 Å². The summed E-state index contributed by atoms with van der Waals surface area (Å²) in [6.07, 6.45) is 1.55. The summed E-state index contributed by atoms with van der Waals surface area (Å²) < 4.78 is 23.0. The Labute approximate surface area is 117 Å². The Morgan fingerprint density at radius 2 is 1.79 bits per heavy atom. The van der Waals surface area contributed by atoms with Crippen molar-refractivity contribution in [1.29, 1.82) is 0 Å². The fourth-order valence-corrected chi connectivity index (χ4v) is 3.36. The smallest absolute Gasteiger partial charge is 0.150 e. The van der Waals surface area contributed by atoms with Gasteiger partial charge in [-0.05, 0) is 50.4 Å². The SMILES string of the molecule is CCS(=O)(=O)CCCC(NC)c1c(C)cccc1C. The van der Waals surface area contributed by atoms with Gasteiger partial charge < -0.3 is 5.32 Å². The first-order valence-electron chi connectivity index (χ1n) is 6.85. The Morgan fingerprint density at radius 3 is 2.26 bits per heavy atom. The lowest BCUT2D eigenvalue weighted by Gasteiger charge is -2.21. The summed E-state index contributed by atoms with van der Waals surface area (Å²) in [6.45, 7) is 5.92. The van der Waals surface area contributed by atoms with Crippen LogP contribution in [0.2, 0.25) is 0 Å². The van der Waals surface area contributed by atoms with Crippen LogP contribution in [0.5, 0.6) is 0 Å². The Hall–Kier alpha value is -0.870. The number of hydrogen-bond donors (Lipinski definition) is 1. The lowest BCUT2D eigenvalue weighted by Crippen LogP contribution is -2.20. The average Bonchev–Trinajstić information content (AvgIpc) is 2.36. The van der Waals surface area contributed by atoms with E-state index in [4.69, 9.17) is 0 Å². The number of sulfone groups is 1. The van der Waals surface area contributed by atoms with Gasteiger partial charge in [-0.2, -0.15) is 0 Å². The number of benzene rings is 1. The summed E-state index contributed by atoms with van der Waals surface area (Å²) in [6, 6.07) is 6.50. The molecule has 0 amide bonds. The zero-order valence-electron chi connectivity index (χ0n) is 12.4. The van der Waals surface area contributed by atoms with Crippen molar-refractivity contribution in [3.8, 4) is 0 Å². The van der Waals surface area contributed by atoms with Crippen molar-refractivity contribution >= 4 is 9.84 Å². The number of rotatable bonds is 7. The molecule has 0 bridgehead atoms. The third kappa shape index (κ3) is 4.62. The number of nitrogens with one attached hydrogen (secondary N) is 1. The molecule has 0 aromatic heterocycles. The minimum Gasteiger partial charge on any atom is -0.313 e. The monoisotopic (exact) mass is 283 g/mol. The van der Waals surface area contributed by atoms with Gasteiger partial charge in [0.2, 0.25) is 0 Å². The molecule has 1 aromatic rings. The van der Waals surface area contributed by atoms with Gasteiger partial charge in [0, 0.05) is 11.8 Å². The third-order valence-electron chi connectivity index (χ3n) is 3.63. The molecular formula is C15H25NO2S. The van der Waals surface area contributed by atoms with Gasteiger partial charge in [0.25, 0.3) is 0 Å². The minimum absolute atomic E-state index is 0.230. The highest BCUT2D eigenvalue weighted by Crippen LogP contribution is 2.25. The van der Waals surface area contributed by atoms with Crippen LogP contribution in [0, 0.1) is 13.8 Å². The first-order valence-corrected chi connectivity index (χ1v) is 8.67. The van der Waals surface area contributed by atoms with Crippen LogP contribution < -0.4 is 5.32 Å². The number of aryl methyl sites for hydroxylation is 2. The molecule has 1 rings (SSSR count). The van der Waals surface area contributed by atoms with E-state index in [-0.39, 0.29) is 17.5 Å². The van der Waals surface area contributed by atoms with E-state index < -0.39 is 9.84 Å². The van der Waals surface area contributed by atoms with Crippen LogP contribution >= 0.6 is 0 Å². The van der Waals surface area contributed by atoms with Gasteiger partial charge in [-0.15, -0.1) is 0 Å². The highest BCUT2D eigenvalue weighted by atomic mass is 32.2. The maximum absolute atomic E-state index is 11.5. The Morgan fingerprint density at radius 1 is 1.21 bits per heavy atom. The highest BCUT2D eigenvalue weighted by Gasteiger charge is 2.15. The van der Waals surface area contributed by atoms with E-state index in [1.165, 1.54) is 16.7 Å². The van der Waals surface area contributed by atoms with Gasteiger partial charge in [0.1, 0.15) is 9.84 Å². The lowest BCUT2D eigenvalue weighted by atomic mass is 9.93. The first kappa shape index (κ1) is 16.2.